The first-order chi connectivity index (χ1) is 14.2. The molecule has 1 aliphatic heterocycles. The topological polar surface area (TPSA) is 214 Å². The number of rotatable bonds is 10. The summed E-state index contributed by atoms with van der Waals surface area (Å²) in [5.74, 6) is -3.81. The van der Waals surface area contributed by atoms with Crippen LogP contribution in [0.2, 0.25) is 0 Å². The summed E-state index contributed by atoms with van der Waals surface area (Å²) in [5, 5.41) is 13.6. The lowest BCUT2D eigenvalue weighted by Gasteiger charge is -2.28. The molecule has 13 nitrogen and oxygen atoms in total. The van der Waals surface area contributed by atoms with Crippen LogP contribution in [0.5, 0.6) is 0 Å². The van der Waals surface area contributed by atoms with Gasteiger partial charge < -0.3 is 37.1 Å². The van der Waals surface area contributed by atoms with Crippen molar-refractivity contribution in [3.05, 3.63) is 18.2 Å². The zero-order valence-electron chi connectivity index (χ0n) is 16.2. The van der Waals surface area contributed by atoms with E-state index < -0.39 is 54.3 Å². The minimum Gasteiger partial charge on any atom is -0.480 e. The molecule has 0 bridgehead atoms. The van der Waals surface area contributed by atoms with Crippen molar-refractivity contribution in [2.75, 3.05) is 13.1 Å². The zero-order valence-corrected chi connectivity index (χ0v) is 16.2. The molecule has 0 aliphatic carbocycles. The van der Waals surface area contributed by atoms with E-state index in [2.05, 4.69) is 20.6 Å². The molecule has 0 radical (unpaired) electrons. The molecule has 3 atom stereocenters. The normalized spacial score (nSPS) is 17.8. The molecule has 3 unspecified atom stereocenters. The van der Waals surface area contributed by atoms with Gasteiger partial charge in [-0.25, -0.2) is 4.98 Å². The predicted octanol–water partition coefficient (Wildman–Crippen LogP) is -3.17. The van der Waals surface area contributed by atoms with E-state index in [0.717, 1.165) is 0 Å². The van der Waals surface area contributed by atoms with E-state index in [1.165, 1.54) is 17.4 Å². The molecule has 1 aromatic heterocycles. The van der Waals surface area contributed by atoms with Crippen LogP contribution >= 0.6 is 0 Å². The number of primary amides is 1. The number of H-pyrrole nitrogens is 1. The van der Waals surface area contributed by atoms with E-state index >= 15 is 0 Å². The molecule has 30 heavy (non-hydrogen) atoms. The van der Waals surface area contributed by atoms with E-state index in [0.29, 0.717) is 18.5 Å². The summed E-state index contributed by atoms with van der Waals surface area (Å²) in [7, 11) is 0. The molecular weight excluding hydrogens is 398 g/mol. The summed E-state index contributed by atoms with van der Waals surface area (Å²) in [5.41, 5.74) is 11.3. The summed E-state index contributed by atoms with van der Waals surface area (Å²) >= 11 is 0. The SMILES string of the molecule is NC(=O)CC(N)C(=O)N1CCCC1C(=O)NC(Cc1cnc[nH]1)C(=O)NCC(=O)O. The molecule has 2 rings (SSSR count). The van der Waals surface area contributed by atoms with E-state index in [-0.39, 0.29) is 19.4 Å². The number of carboxylic acids is 1. The Balaban J connectivity index is 2.08. The second-order valence-electron chi connectivity index (χ2n) is 6.92. The zero-order chi connectivity index (χ0) is 22.3. The number of aliphatic carboxylic acids is 1. The van der Waals surface area contributed by atoms with Gasteiger partial charge in [0.2, 0.25) is 23.6 Å². The van der Waals surface area contributed by atoms with E-state index in [4.69, 9.17) is 16.6 Å². The lowest BCUT2D eigenvalue weighted by Crippen LogP contribution is -2.56. The summed E-state index contributed by atoms with van der Waals surface area (Å²) in [6.45, 7) is -0.329. The third kappa shape index (κ3) is 6.27. The molecule has 4 amide bonds. The van der Waals surface area contributed by atoms with Crippen LogP contribution in [0.4, 0.5) is 0 Å². The van der Waals surface area contributed by atoms with Gasteiger partial charge in [0.25, 0.3) is 0 Å². The van der Waals surface area contributed by atoms with Crippen LogP contribution in [-0.2, 0) is 30.4 Å². The molecule has 8 N–H and O–H groups in total. The van der Waals surface area contributed by atoms with Gasteiger partial charge >= 0.3 is 5.97 Å². The third-order valence-electron chi connectivity index (χ3n) is 4.60. The predicted molar refractivity (Wildman–Crippen MR) is 101 cm³/mol. The first kappa shape index (κ1) is 22.8. The Hall–Kier alpha value is -3.48. The Bertz CT molecular complexity index is 797. The molecular formula is C17H25N7O6. The average Bonchev–Trinajstić information content (AvgIpc) is 3.36. The monoisotopic (exact) mass is 423 g/mol. The van der Waals surface area contributed by atoms with E-state index in [9.17, 15) is 24.0 Å². The highest BCUT2D eigenvalue weighted by Gasteiger charge is 2.37. The highest BCUT2D eigenvalue weighted by Crippen LogP contribution is 2.19. The van der Waals surface area contributed by atoms with Gasteiger partial charge in [-0.2, -0.15) is 0 Å². The molecule has 0 spiro atoms. The summed E-state index contributed by atoms with van der Waals surface area (Å²) in [6.07, 6.45) is 3.47. The van der Waals surface area contributed by atoms with Crippen molar-refractivity contribution in [3.63, 3.8) is 0 Å². The fraction of sp³-hybridized carbons (Fsp3) is 0.529. The largest absolute Gasteiger partial charge is 0.480 e. The lowest BCUT2D eigenvalue weighted by atomic mass is 10.1. The van der Waals surface area contributed by atoms with Crippen LogP contribution in [0.1, 0.15) is 25.0 Å². The van der Waals surface area contributed by atoms with Crippen LogP contribution < -0.4 is 22.1 Å². The number of hydrogen-bond acceptors (Lipinski definition) is 7. The number of nitrogens with zero attached hydrogens (tertiary/aromatic N) is 2. The number of imidazole rings is 1. The number of likely N-dealkylation sites (tertiary alicyclic amines) is 1. The second-order valence-corrected chi connectivity index (χ2v) is 6.92. The quantitative estimate of drug-likeness (QED) is 0.225. The van der Waals surface area contributed by atoms with Crippen molar-refractivity contribution in [1.82, 2.24) is 25.5 Å². The Labute approximate surface area is 171 Å². The van der Waals surface area contributed by atoms with Gasteiger partial charge in [-0.15, -0.1) is 0 Å². The number of carbonyl (C=O) groups excluding carboxylic acids is 4. The Morgan fingerprint density at radius 2 is 2.07 bits per heavy atom. The maximum atomic E-state index is 12.8. The smallest absolute Gasteiger partial charge is 0.322 e. The van der Waals surface area contributed by atoms with Crippen LogP contribution in [-0.4, -0.2) is 80.8 Å². The Kier molecular flexibility index (Phi) is 7.86. The van der Waals surface area contributed by atoms with E-state index in [1.807, 2.05) is 0 Å². The van der Waals surface area contributed by atoms with Gasteiger partial charge in [0.1, 0.15) is 18.6 Å². The number of amides is 4. The maximum Gasteiger partial charge on any atom is 0.322 e. The second kappa shape index (κ2) is 10.3. The van der Waals surface area contributed by atoms with Crippen LogP contribution in [0.15, 0.2) is 12.5 Å². The number of aromatic nitrogens is 2. The Morgan fingerprint density at radius 3 is 2.67 bits per heavy atom. The molecule has 1 aliphatic rings. The standard InChI is InChI=1S/C17H25N7O6/c18-10(5-13(19)25)17(30)24-3-1-2-12(24)16(29)23-11(4-9-6-20-8-22-9)15(28)21-7-14(26)27/h6,8,10-12H,1-5,7,18H2,(H2,19,25)(H,20,22)(H,21,28)(H,23,29)(H,26,27). The van der Waals surface area contributed by atoms with Crippen molar-refractivity contribution < 1.29 is 29.1 Å². The average molecular weight is 423 g/mol. The first-order valence-corrected chi connectivity index (χ1v) is 9.30. The van der Waals surface area contributed by atoms with Gasteiger partial charge in [0, 0.05) is 24.9 Å². The third-order valence-corrected chi connectivity index (χ3v) is 4.60. The molecule has 1 fully saturated rings. The molecule has 0 saturated carbocycles. The Morgan fingerprint density at radius 1 is 1.33 bits per heavy atom. The van der Waals surface area contributed by atoms with Crippen molar-refractivity contribution in [3.8, 4) is 0 Å². The van der Waals surface area contributed by atoms with Crippen molar-refractivity contribution in [2.45, 2.75) is 43.8 Å². The summed E-state index contributed by atoms with van der Waals surface area (Å²) < 4.78 is 0. The summed E-state index contributed by atoms with van der Waals surface area (Å²) in [6, 6.07) is -3.11. The van der Waals surface area contributed by atoms with E-state index in [1.54, 1.807) is 0 Å². The minimum atomic E-state index is -1.23. The molecule has 1 saturated heterocycles. The molecule has 164 valence electrons. The van der Waals surface area contributed by atoms with Crippen LogP contribution in [0.25, 0.3) is 0 Å². The molecule has 13 heteroatoms. The van der Waals surface area contributed by atoms with Crippen LogP contribution in [0.3, 0.4) is 0 Å². The number of nitrogens with two attached hydrogens (primary N) is 2. The highest BCUT2D eigenvalue weighted by molar-refractivity contribution is 5.95. The van der Waals surface area contributed by atoms with Crippen molar-refractivity contribution >= 4 is 29.6 Å². The number of hydrogen-bond donors (Lipinski definition) is 6. The molecule has 1 aromatic rings. The van der Waals surface area contributed by atoms with Gasteiger partial charge in [0.05, 0.1) is 18.8 Å². The van der Waals surface area contributed by atoms with Crippen LogP contribution in [0, 0.1) is 0 Å². The van der Waals surface area contributed by atoms with Crippen molar-refractivity contribution in [1.29, 1.82) is 0 Å². The number of carboxylic acid groups (broad SMARTS) is 1. The van der Waals surface area contributed by atoms with Gasteiger partial charge in [-0.1, -0.05) is 0 Å². The first-order valence-electron chi connectivity index (χ1n) is 9.30. The van der Waals surface area contributed by atoms with Gasteiger partial charge in [0.15, 0.2) is 0 Å². The number of nitrogens with one attached hydrogen (secondary N) is 3. The molecule has 2 heterocycles. The fourth-order valence-electron chi connectivity index (χ4n) is 3.20. The van der Waals surface area contributed by atoms with Crippen molar-refractivity contribution in [2.24, 2.45) is 11.5 Å². The fourth-order valence-corrected chi connectivity index (χ4v) is 3.20. The number of aromatic amines is 1. The maximum absolute atomic E-state index is 12.8. The lowest BCUT2D eigenvalue weighted by molar-refractivity contribution is -0.141. The minimum absolute atomic E-state index is 0.0407. The number of carbonyl (C=O) groups is 5. The van der Waals surface area contributed by atoms with Gasteiger partial charge in [-0.05, 0) is 12.8 Å². The highest BCUT2D eigenvalue weighted by atomic mass is 16.4. The van der Waals surface area contributed by atoms with Gasteiger partial charge in [-0.3, -0.25) is 24.0 Å². The molecule has 0 aromatic carbocycles. The summed E-state index contributed by atoms with van der Waals surface area (Å²) in [4.78, 5) is 67.4.